The minimum Gasteiger partial charge on any atom is -0.480 e. The Morgan fingerprint density at radius 1 is 1.55 bits per heavy atom. The van der Waals surface area contributed by atoms with Crippen LogP contribution in [0.25, 0.3) is 0 Å². The zero-order valence-electron chi connectivity index (χ0n) is 6.40. The number of rotatable bonds is 3. The van der Waals surface area contributed by atoms with Gasteiger partial charge in [0.15, 0.2) is 0 Å². The van der Waals surface area contributed by atoms with Crippen molar-refractivity contribution in [3.8, 4) is 0 Å². The molecule has 0 aromatic heterocycles. The summed E-state index contributed by atoms with van der Waals surface area (Å²) < 4.78 is 4.81. The van der Waals surface area contributed by atoms with Crippen molar-refractivity contribution in [1.82, 2.24) is 0 Å². The fourth-order valence-corrected chi connectivity index (χ4v) is 0.602. The van der Waals surface area contributed by atoms with Crippen molar-refractivity contribution >= 4 is 28.4 Å². The maximum atomic E-state index is 5.60. The van der Waals surface area contributed by atoms with Crippen molar-refractivity contribution < 1.29 is 4.74 Å². The Hall–Kier alpha value is -0.470. The summed E-state index contributed by atoms with van der Waals surface area (Å²) in [5.41, 5.74) is 0. The maximum Gasteiger partial charge on any atom is 0.229 e. The standard InChI is InChI=1S/C7H9Cl2NO/c1-4-6(9)10-7(11-3)5(2)8/h4H,1H2,2-3H3. The molecule has 0 amide bonds. The molecule has 0 aliphatic carbocycles. The number of hydrogen-bond donors (Lipinski definition) is 0. The first kappa shape index (κ1) is 10.5. The molecule has 0 spiro atoms. The van der Waals surface area contributed by atoms with Crippen molar-refractivity contribution in [2.24, 2.45) is 4.99 Å². The van der Waals surface area contributed by atoms with Crippen LogP contribution < -0.4 is 0 Å². The van der Waals surface area contributed by atoms with Crippen LogP contribution in [0.5, 0.6) is 0 Å². The molecule has 0 radical (unpaired) electrons. The molecule has 0 saturated carbocycles. The van der Waals surface area contributed by atoms with Gasteiger partial charge in [0.25, 0.3) is 0 Å². The molecular weight excluding hydrogens is 185 g/mol. The third kappa shape index (κ3) is 4.06. The predicted molar refractivity (Wildman–Crippen MR) is 49.0 cm³/mol. The fourth-order valence-electron chi connectivity index (χ4n) is 0.406. The second-order valence-corrected chi connectivity index (χ2v) is 2.64. The van der Waals surface area contributed by atoms with Crippen molar-refractivity contribution in [3.63, 3.8) is 0 Å². The van der Waals surface area contributed by atoms with E-state index in [0.29, 0.717) is 10.9 Å². The summed E-state index contributed by atoms with van der Waals surface area (Å²) in [4.78, 5) is 3.80. The zero-order chi connectivity index (χ0) is 8.85. The van der Waals surface area contributed by atoms with Crippen LogP contribution in [0, 0.1) is 0 Å². The van der Waals surface area contributed by atoms with E-state index in [9.17, 15) is 0 Å². The van der Waals surface area contributed by atoms with E-state index in [4.69, 9.17) is 27.9 Å². The van der Waals surface area contributed by atoms with Crippen molar-refractivity contribution in [1.29, 1.82) is 0 Å². The number of hydrogen-bond acceptors (Lipinski definition) is 2. The van der Waals surface area contributed by atoms with E-state index in [1.807, 2.05) is 0 Å². The molecule has 62 valence electrons. The molecule has 0 saturated heterocycles. The van der Waals surface area contributed by atoms with Crippen LogP contribution >= 0.6 is 23.2 Å². The van der Waals surface area contributed by atoms with Gasteiger partial charge in [-0.2, -0.15) is 0 Å². The second kappa shape index (κ2) is 5.22. The van der Waals surface area contributed by atoms with Gasteiger partial charge in [-0.3, -0.25) is 0 Å². The molecule has 11 heavy (non-hydrogen) atoms. The van der Waals surface area contributed by atoms with Gasteiger partial charge in [-0.25, -0.2) is 4.99 Å². The van der Waals surface area contributed by atoms with Gasteiger partial charge in [0.2, 0.25) is 5.88 Å². The molecule has 0 aliphatic heterocycles. The molecule has 0 bridgehead atoms. The third-order valence-corrected chi connectivity index (χ3v) is 1.27. The van der Waals surface area contributed by atoms with Gasteiger partial charge in [0.05, 0.1) is 12.1 Å². The van der Waals surface area contributed by atoms with Gasteiger partial charge in [0.1, 0.15) is 5.17 Å². The van der Waals surface area contributed by atoms with Gasteiger partial charge in [0, 0.05) is 0 Å². The minimum atomic E-state index is 0.252. The summed E-state index contributed by atoms with van der Waals surface area (Å²) in [6, 6.07) is 0. The number of allylic oxidation sites excluding steroid dienone is 2. The Bertz CT molecular complexity index is 204. The molecular formula is C7H9Cl2NO. The fraction of sp³-hybridized carbons (Fsp3) is 0.286. The van der Waals surface area contributed by atoms with Crippen LogP contribution in [0.1, 0.15) is 6.92 Å². The largest absolute Gasteiger partial charge is 0.480 e. The first-order valence-corrected chi connectivity index (χ1v) is 3.64. The number of ether oxygens (including phenoxy) is 1. The summed E-state index contributed by atoms with van der Waals surface area (Å²) in [7, 11) is 1.47. The highest BCUT2D eigenvalue weighted by Crippen LogP contribution is 2.11. The minimum absolute atomic E-state index is 0.252. The van der Waals surface area contributed by atoms with E-state index in [1.54, 1.807) is 6.92 Å². The topological polar surface area (TPSA) is 21.6 Å². The Labute approximate surface area is 76.2 Å². The molecule has 0 aromatic rings. The van der Waals surface area contributed by atoms with Gasteiger partial charge < -0.3 is 4.74 Å². The average molecular weight is 194 g/mol. The van der Waals surface area contributed by atoms with E-state index in [0.717, 1.165) is 0 Å². The molecule has 0 aromatic carbocycles. The van der Waals surface area contributed by atoms with E-state index in [2.05, 4.69) is 11.6 Å². The first-order chi connectivity index (χ1) is 5.11. The zero-order valence-corrected chi connectivity index (χ0v) is 7.91. The van der Waals surface area contributed by atoms with E-state index >= 15 is 0 Å². The van der Waals surface area contributed by atoms with Crippen LogP contribution in [0.2, 0.25) is 0 Å². The van der Waals surface area contributed by atoms with Gasteiger partial charge >= 0.3 is 0 Å². The van der Waals surface area contributed by atoms with Crippen molar-refractivity contribution in [2.75, 3.05) is 7.11 Å². The summed E-state index contributed by atoms with van der Waals surface area (Å²) in [6.45, 7) is 5.09. The first-order valence-electron chi connectivity index (χ1n) is 2.88. The smallest absolute Gasteiger partial charge is 0.229 e. The number of aliphatic imine (C=N–C) groups is 1. The quantitative estimate of drug-likeness (QED) is 0.500. The highest BCUT2D eigenvalue weighted by atomic mass is 35.5. The lowest BCUT2D eigenvalue weighted by atomic mass is 10.6. The lowest BCUT2D eigenvalue weighted by molar-refractivity contribution is 0.286. The van der Waals surface area contributed by atoms with Gasteiger partial charge in [-0.15, -0.1) is 0 Å². The highest BCUT2D eigenvalue weighted by molar-refractivity contribution is 6.68. The Balaban J connectivity index is 4.57. The van der Waals surface area contributed by atoms with E-state index in [1.165, 1.54) is 13.2 Å². The molecule has 2 nitrogen and oxygen atoms in total. The normalized spacial score (nSPS) is 14.0. The Morgan fingerprint density at radius 2 is 2.09 bits per heavy atom. The van der Waals surface area contributed by atoms with Gasteiger partial charge in [-0.1, -0.05) is 29.8 Å². The molecule has 0 unspecified atom stereocenters. The summed E-state index contributed by atoms with van der Waals surface area (Å²) in [5, 5.41) is 0.703. The molecule has 0 aliphatic rings. The highest BCUT2D eigenvalue weighted by Gasteiger charge is 1.97. The summed E-state index contributed by atoms with van der Waals surface area (Å²) in [5.74, 6) is 0.302. The molecule has 0 atom stereocenters. The third-order valence-electron chi connectivity index (χ3n) is 0.865. The SMILES string of the molecule is C=CC(Cl)=NC(OC)=C(C)Cl. The van der Waals surface area contributed by atoms with Crippen LogP contribution in [0.15, 0.2) is 28.6 Å². The maximum absolute atomic E-state index is 5.60. The number of nitrogens with zero attached hydrogens (tertiary/aromatic N) is 1. The summed E-state index contributed by atoms with van der Waals surface area (Å²) in [6.07, 6.45) is 1.40. The lowest BCUT2D eigenvalue weighted by Crippen LogP contribution is -1.88. The molecule has 0 rings (SSSR count). The number of halogens is 2. The van der Waals surface area contributed by atoms with Crippen molar-refractivity contribution in [3.05, 3.63) is 23.6 Å². The molecule has 4 heteroatoms. The van der Waals surface area contributed by atoms with E-state index < -0.39 is 0 Å². The average Bonchev–Trinajstić information content (AvgIpc) is 1.99. The Kier molecular flexibility index (Phi) is 4.99. The summed E-state index contributed by atoms with van der Waals surface area (Å²) >= 11 is 11.1. The Morgan fingerprint density at radius 3 is 2.36 bits per heavy atom. The molecule has 0 N–H and O–H groups in total. The van der Waals surface area contributed by atoms with Gasteiger partial charge in [-0.05, 0) is 13.0 Å². The van der Waals surface area contributed by atoms with Crippen LogP contribution in [-0.2, 0) is 4.74 Å². The van der Waals surface area contributed by atoms with Crippen LogP contribution in [0.3, 0.4) is 0 Å². The van der Waals surface area contributed by atoms with Crippen LogP contribution in [0.4, 0.5) is 0 Å². The number of methoxy groups -OCH3 is 1. The second-order valence-electron chi connectivity index (χ2n) is 1.68. The van der Waals surface area contributed by atoms with Crippen molar-refractivity contribution in [2.45, 2.75) is 6.92 Å². The monoisotopic (exact) mass is 193 g/mol. The molecule has 0 heterocycles. The molecule has 0 fully saturated rings. The van der Waals surface area contributed by atoms with E-state index in [-0.39, 0.29) is 5.17 Å². The van der Waals surface area contributed by atoms with Crippen LogP contribution in [-0.4, -0.2) is 12.3 Å². The lowest BCUT2D eigenvalue weighted by Gasteiger charge is -1.99. The predicted octanol–water partition coefficient (Wildman–Crippen LogP) is 2.88.